The van der Waals surface area contributed by atoms with Crippen LogP contribution in [0.2, 0.25) is 0 Å². The molecule has 0 bridgehead atoms. The molecule has 2 N–H and O–H groups in total. The number of halogens is 1. The Morgan fingerprint density at radius 2 is 2.06 bits per heavy atom. The molecule has 0 amide bonds. The van der Waals surface area contributed by atoms with Gasteiger partial charge >= 0.3 is 0 Å². The van der Waals surface area contributed by atoms with E-state index < -0.39 is 0 Å². The van der Waals surface area contributed by atoms with Crippen molar-refractivity contribution in [2.75, 3.05) is 13.7 Å². The number of methoxy groups -OCH3 is 1. The highest BCUT2D eigenvalue weighted by Crippen LogP contribution is 2.33. The molecule has 3 heteroatoms. The lowest BCUT2D eigenvalue weighted by atomic mass is 9.86. The van der Waals surface area contributed by atoms with Gasteiger partial charge < -0.3 is 10.5 Å². The van der Waals surface area contributed by atoms with Crippen LogP contribution < -0.4 is 10.5 Å². The number of hydrogen-bond acceptors (Lipinski definition) is 2. The van der Waals surface area contributed by atoms with Gasteiger partial charge in [0.2, 0.25) is 0 Å². The SMILES string of the molecule is COc1cc(C(CCN)C(C)C)ccc1Br. The fourth-order valence-corrected chi connectivity index (χ4v) is 2.38. The fourth-order valence-electron chi connectivity index (χ4n) is 1.97. The van der Waals surface area contributed by atoms with Gasteiger partial charge in [0, 0.05) is 0 Å². The van der Waals surface area contributed by atoms with E-state index in [0.29, 0.717) is 11.8 Å². The Morgan fingerprint density at radius 1 is 1.38 bits per heavy atom. The molecule has 2 nitrogen and oxygen atoms in total. The van der Waals surface area contributed by atoms with E-state index in [-0.39, 0.29) is 0 Å². The van der Waals surface area contributed by atoms with Crippen LogP contribution in [0.5, 0.6) is 5.75 Å². The van der Waals surface area contributed by atoms with Crippen molar-refractivity contribution < 1.29 is 4.74 Å². The number of ether oxygens (including phenoxy) is 1. The molecule has 0 saturated carbocycles. The first kappa shape index (κ1) is 13.5. The van der Waals surface area contributed by atoms with Crippen molar-refractivity contribution in [2.45, 2.75) is 26.2 Å². The van der Waals surface area contributed by atoms with Gasteiger partial charge in [0.1, 0.15) is 5.75 Å². The summed E-state index contributed by atoms with van der Waals surface area (Å²) in [5.74, 6) is 1.99. The van der Waals surface area contributed by atoms with E-state index in [4.69, 9.17) is 10.5 Å². The van der Waals surface area contributed by atoms with Crippen LogP contribution in [0.15, 0.2) is 22.7 Å². The highest BCUT2D eigenvalue weighted by atomic mass is 79.9. The second kappa shape index (κ2) is 6.26. The molecular weight excluding hydrogens is 266 g/mol. The van der Waals surface area contributed by atoms with Gasteiger partial charge in [-0.05, 0) is 58.4 Å². The van der Waals surface area contributed by atoms with Gasteiger partial charge in [-0.2, -0.15) is 0 Å². The van der Waals surface area contributed by atoms with E-state index in [1.165, 1.54) is 5.56 Å². The third-order valence-corrected chi connectivity index (χ3v) is 3.54. The smallest absolute Gasteiger partial charge is 0.133 e. The Morgan fingerprint density at radius 3 is 2.56 bits per heavy atom. The summed E-state index contributed by atoms with van der Waals surface area (Å²) in [5, 5.41) is 0. The molecule has 0 aliphatic carbocycles. The lowest BCUT2D eigenvalue weighted by Crippen LogP contribution is -2.12. The van der Waals surface area contributed by atoms with Gasteiger partial charge in [-0.15, -0.1) is 0 Å². The molecule has 0 radical (unpaired) electrons. The summed E-state index contributed by atoms with van der Waals surface area (Å²) in [6.45, 7) is 5.19. The summed E-state index contributed by atoms with van der Waals surface area (Å²) in [6, 6.07) is 6.29. The molecule has 90 valence electrons. The third kappa shape index (κ3) is 3.22. The van der Waals surface area contributed by atoms with E-state index in [1.54, 1.807) is 7.11 Å². The van der Waals surface area contributed by atoms with Crippen LogP contribution in [-0.4, -0.2) is 13.7 Å². The van der Waals surface area contributed by atoms with E-state index in [1.807, 2.05) is 6.07 Å². The first-order valence-corrected chi connectivity index (χ1v) is 6.43. The molecule has 1 aromatic rings. The molecule has 1 rings (SSSR count). The van der Waals surface area contributed by atoms with Gasteiger partial charge in [0.25, 0.3) is 0 Å². The molecule has 0 fully saturated rings. The van der Waals surface area contributed by atoms with Crippen LogP contribution in [-0.2, 0) is 0 Å². The second-order valence-corrected chi connectivity index (χ2v) is 5.18. The fraction of sp³-hybridized carbons (Fsp3) is 0.538. The van der Waals surface area contributed by atoms with Crippen LogP contribution in [0.4, 0.5) is 0 Å². The number of hydrogen-bond donors (Lipinski definition) is 1. The van der Waals surface area contributed by atoms with Crippen molar-refractivity contribution in [3.05, 3.63) is 28.2 Å². The van der Waals surface area contributed by atoms with Gasteiger partial charge in [0.05, 0.1) is 11.6 Å². The van der Waals surface area contributed by atoms with Crippen LogP contribution in [0.3, 0.4) is 0 Å². The van der Waals surface area contributed by atoms with Crippen molar-refractivity contribution in [1.29, 1.82) is 0 Å². The van der Waals surface area contributed by atoms with E-state index in [9.17, 15) is 0 Å². The number of nitrogens with two attached hydrogens (primary N) is 1. The first-order chi connectivity index (χ1) is 7.60. The predicted octanol–water partition coefficient (Wildman–Crippen LogP) is 3.55. The van der Waals surface area contributed by atoms with Gasteiger partial charge in [-0.1, -0.05) is 19.9 Å². The Kier molecular flexibility index (Phi) is 5.29. The molecule has 0 aromatic heterocycles. The Balaban J connectivity index is 3.00. The van der Waals surface area contributed by atoms with E-state index in [2.05, 4.69) is 41.9 Å². The maximum Gasteiger partial charge on any atom is 0.133 e. The van der Waals surface area contributed by atoms with Gasteiger partial charge in [0.15, 0.2) is 0 Å². The monoisotopic (exact) mass is 285 g/mol. The summed E-state index contributed by atoms with van der Waals surface area (Å²) < 4.78 is 6.31. The van der Waals surface area contributed by atoms with Crippen molar-refractivity contribution >= 4 is 15.9 Å². The molecule has 0 aliphatic rings. The Hall–Kier alpha value is -0.540. The van der Waals surface area contributed by atoms with Gasteiger partial charge in [-0.3, -0.25) is 0 Å². The number of rotatable bonds is 5. The predicted molar refractivity (Wildman–Crippen MR) is 71.9 cm³/mol. The first-order valence-electron chi connectivity index (χ1n) is 5.63. The third-order valence-electron chi connectivity index (χ3n) is 2.89. The molecule has 0 spiro atoms. The summed E-state index contributed by atoms with van der Waals surface area (Å²) in [4.78, 5) is 0. The molecule has 16 heavy (non-hydrogen) atoms. The molecule has 0 aliphatic heterocycles. The zero-order valence-corrected chi connectivity index (χ0v) is 11.8. The maximum atomic E-state index is 5.66. The minimum Gasteiger partial charge on any atom is -0.496 e. The molecular formula is C13H20BrNO. The van der Waals surface area contributed by atoms with E-state index in [0.717, 1.165) is 23.2 Å². The van der Waals surface area contributed by atoms with Crippen molar-refractivity contribution in [3.8, 4) is 5.75 Å². The molecule has 1 unspecified atom stereocenters. The average Bonchev–Trinajstić information content (AvgIpc) is 2.26. The van der Waals surface area contributed by atoms with E-state index >= 15 is 0 Å². The topological polar surface area (TPSA) is 35.2 Å². The highest BCUT2D eigenvalue weighted by Gasteiger charge is 2.16. The summed E-state index contributed by atoms with van der Waals surface area (Å²) in [5.41, 5.74) is 6.97. The minimum atomic E-state index is 0.506. The zero-order valence-electron chi connectivity index (χ0n) is 10.2. The second-order valence-electron chi connectivity index (χ2n) is 4.32. The Bertz CT molecular complexity index is 339. The highest BCUT2D eigenvalue weighted by molar-refractivity contribution is 9.10. The summed E-state index contributed by atoms with van der Waals surface area (Å²) in [7, 11) is 1.69. The Labute approximate surface area is 106 Å². The van der Waals surface area contributed by atoms with Crippen LogP contribution in [0, 0.1) is 5.92 Å². The van der Waals surface area contributed by atoms with Crippen molar-refractivity contribution in [2.24, 2.45) is 11.7 Å². The lowest BCUT2D eigenvalue weighted by Gasteiger charge is -2.21. The summed E-state index contributed by atoms with van der Waals surface area (Å²) >= 11 is 3.47. The minimum absolute atomic E-state index is 0.506. The maximum absolute atomic E-state index is 5.66. The molecule has 0 heterocycles. The van der Waals surface area contributed by atoms with Crippen LogP contribution in [0.1, 0.15) is 31.7 Å². The van der Waals surface area contributed by atoms with Gasteiger partial charge in [-0.25, -0.2) is 0 Å². The molecule has 1 atom stereocenters. The normalized spacial score (nSPS) is 12.9. The van der Waals surface area contributed by atoms with Crippen molar-refractivity contribution in [3.63, 3.8) is 0 Å². The van der Waals surface area contributed by atoms with Crippen LogP contribution >= 0.6 is 15.9 Å². The molecule has 0 saturated heterocycles. The van der Waals surface area contributed by atoms with Crippen molar-refractivity contribution in [1.82, 2.24) is 0 Å². The zero-order chi connectivity index (χ0) is 12.1. The molecule has 1 aromatic carbocycles. The summed E-state index contributed by atoms with van der Waals surface area (Å²) in [6.07, 6.45) is 1.02. The van der Waals surface area contributed by atoms with Crippen LogP contribution in [0.25, 0.3) is 0 Å². The lowest BCUT2D eigenvalue weighted by molar-refractivity contribution is 0.408. The average molecular weight is 286 g/mol. The largest absolute Gasteiger partial charge is 0.496 e. The number of benzene rings is 1. The standard InChI is InChI=1S/C13H20BrNO/c1-9(2)11(6-7-15)10-4-5-12(14)13(8-10)16-3/h4-5,8-9,11H,6-7,15H2,1-3H3. The quantitative estimate of drug-likeness (QED) is 0.898.